The van der Waals surface area contributed by atoms with Gasteiger partial charge in [-0.3, -0.25) is 9.36 Å². The van der Waals surface area contributed by atoms with Crippen LogP contribution in [0.25, 0.3) is 22.0 Å². The van der Waals surface area contributed by atoms with E-state index in [9.17, 15) is 27.2 Å². The number of rotatable bonds is 6. The summed E-state index contributed by atoms with van der Waals surface area (Å²) in [6.45, 7) is 10.2. The van der Waals surface area contributed by atoms with Crippen molar-refractivity contribution in [3.05, 3.63) is 63.6 Å². The van der Waals surface area contributed by atoms with Crippen molar-refractivity contribution >= 4 is 46.0 Å². The van der Waals surface area contributed by atoms with Crippen LogP contribution < -0.4 is 15.9 Å². The van der Waals surface area contributed by atoms with E-state index in [1.807, 2.05) is 6.92 Å². The predicted molar refractivity (Wildman–Crippen MR) is 162 cm³/mol. The largest absolute Gasteiger partial charge is 0.417 e. The van der Waals surface area contributed by atoms with Gasteiger partial charge in [0.1, 0.15) is 17.5 Å². The number of anilines is 1. The van der Waals surface area contributed by atoms with Gasteiger partial charge in [0, 0.05) is 71.0 Å². The first-order valence-electron chi connectivity index (χ1n) is 14.2. The fraction of sp³-hybridized carbons (Fsp3) is 0.433. The molecule has 1 N–H and O–H groups in total. The quantitative estimate of drug-likeness (QED) is 0.197. The summed E-state index contributed by atoms with van der Waals surface area (Å²) >= 11 is 7.02. The lowest BCUT2D eigenvalue weighted by Crippen LogP contribution is -2.58. The Hall–Kier alpha value is -3.16. The maximum atomic E-state index is 15.3. The number of halogens is 6. The molecule has 236 valence electrons. The summed E-state index contributed by atoms with van der Waals surface area (Å²) < 4.78 is 75.5. The van der Waals surface area contributed by atoms with Gasteiger partial charge in [-0.1, -0.05) is 25.1 Å². The lowest BCUT2D eigenvalue weighted by molar-refractivity contribution is -0.137. The van der Waals surface area contributed by atoms with Crippen LogP contribution in [0.4, 0.5) is 27.8 Å². The minimum Gasteiger partial charge on any atom is -0.352 e. The molecule has 0 radical (unpaired) electrons. The molecule has 1 aromatic heterocycles. The fourth-order valence-electron chi connectivity index (χ4n) is 6.11. The van der Waals surface area contributed by atoms with Crippen LogP contribution in [0.15, 0.2) is 40.5 Å². The van der Waals surface area contributed by atoms with Crippen LogP contribution in [0.3, 0.4) is 0 Å². The van der Waals surface area contributed by atoms with Crippen LogP contribution in [0.1, 0.15) is 32.8 Å². The molecule has 1 fully saturated rings. The highest BCUT2D eigenvalue weighted by Crippen LogP contribution is 2.49. The Bertz CT molecular complexity index is 1690. The summed E-state index contributed by atoms with van der Waals surface area (Å²) in [6.07, 6.45) is -2.97. The summed E-state index contributed by atoms with van der Waals surface area (Å²) in [4.78, 5) is 33.9. The highest BCUT2D eigenvalue weighted by atomic mass is 35.5. The van der Waals surface area contributed by atoms with E-state index in [4.69, 9.17) is 11.6 Å². The number of amides is 1. The standard InChI is InChI=1S/C30H31ClF5N5O2S/c1-5-7-37-17-13-40-26-19(28(38-29(40)43)39-11-15(3)41(16(4)12-39)24(42)6-2)8-20(30(34,35)36)25(27(26)44-14-17)18-9-21(31)23(33)10-22(18)32/h6,8-10,15-17,37H,2,5,7,11-14H2,1,3-4H3/t15-,16+,17?. The van der Waals surface area contributed by atoms with E-state index in [1.165, 1.54) is 10.6 Å². The molecule has 0 spiro atoms. The van der Waals surface area contributed by atoms with E-state index in [2.05, 4.69) is 16.9 Å². The molecule has 3 heterocycles. The normalized spacial score (nSPS) is 20.6. The minimum absolute atomic E-state index is 0.0273. The zero-order valence-corrected chi connectivity index (χ0v) is 25.8. The topological polar surface area (TPSA) is 70.5 Å². The van der Waals surface area contributed by atoms with Crippen molar-refractivity contribution in [3.8, 4) is 11.1 Å². The van der Waals surface area contributed by atoms with Gasteiger partial charge in [0.2, 0.25) is 5.91 Å². The third kappa shape index (κ3) is 5.81. The van der Waals surface area contributed by atoms with Gasteiger partial charge in [0.05, 0.1) is 16.1 Å². The molecule has 2 aliphatic rings. The van der Waals surface area contributed by atoms with Gasteiger partial charge in [0.15, 0.2) is 0 Å². The Balaban J connectivity index is 1.83. The molecule has 0 saturated carbocycles. The average Bonchev–Trinajstić information content (AvgIpc) is 3.15. The molecule has 0 bridgehead atoms. The Morgan fingerprint density at radius 2 is 1.84 bits per heavy atom. The van der Waals surface area contributed by atoms with Crippen LogP contribution in [-0.2, 0) is 17.5 Å². The number of nitrogens with zero attached hydrogens (tertiary/aromatic N) is 4. The number of piperazine rings is 1. The second-order valence-corrected chi connectivity index (χ2v) is 12.5. The number of hydrogen-bond donors (Lipinski definition) is 1. The molecule has 1 saturated heterocycles. The zero-order chi connectivity index (χ0) is 32.1. The van der Waals surface area contributed by atoms with Crippen molar-refractivity contribution in [1.82, 2.24) is 19.8 Å². The SMILES string of the molecule is C=CC(=O)N1[C@H](C)CN(c2nc(=O)n3c4c(c(-c5cc(Cl)c(F)cc5F)c(C(F)(F)F)cc24)SCC(NCCC)C3)C[C@@H]1C. The number of carbonyl (C=O) groups excluding carboxylic acids is 1. The highest BCUT2D eigenvalue weighted by molar-refractivity contribution is 7.99. The lowest BCUT2D eigenvalue weighted by atomic mass is 9.95. The average molecular weight is 656 g/mol. The highest BCUT2D eigenvalue weighted by Gasteiger charge is 2.40. The molecule has 14 heteroatoms. The Morgan fingerprint density at radius 3 is 2.45 bits per heavy atom. The molecule has 0 aliphatic carbocycles. The molecule has 2 aliphatic heterocycles. The van der Waals surface area contributed by atoms with Crippen LogP contribution >= 0.6 is 23.4 Å². The fourth-order valence-corrected chi connectivity index (χ4v) is 7.59. The first-order valence-corrected chi connectivity index (χ1v) is 15.5. The van der Waals surface area contributed by atoms with Gasteiger partial charge in [-0.05, 0) is 45.0 Å². The summed E-state index contributed by atoms with van der Waals surface area (Å²) in [7, 11) is 0. The van der Waals surface area contributed by atoms with Gasteiger partial charge >= 0.3 is 11.9 Å². The molecule has 1 amide bonds. The number of carbonyl (C=O) groups is 1. The monoisotopic (exact) mass is 655 g/mol. The van der Waals surface area contributed by atoms with Gasteiger partial charge in [-0.25, -0.2) is 13.6 Å². The summed E-state index contributed by atoms with van der Waals surface area (Å²) in [5, 5.41) is 2.86. The number of thioether (sulfide) groups is 1. The van der Waals surface area contributed by atoms with E-state index >= 15 is 4.39 Å². The van der Waals surface area contributed by atoms with E-state index in [0.717, 1.165) is 30.3 Å². The van der Waals surface area contributed by atoms with Gasteiger partial charge in [-0.2, -0.15) is 18.2 Å². The van der Waals surface area contributed by atoms with Crippen LogP contribution in [0.2, 0.25) is 5.02 Å². The van der Waals surface area contributed by atoms with E-state index in [-0.39, 0.29) is 71.0 Å². The minimum atomic E-state index is -4.96. The maximum Gasteiger partial charge on any atom is 0.417 e. The molecular weight excluding hydrogens is 625 g/mol. The van der Waals surface area contributed by atoms with E-state index in [0.29, 0.717) is 12.6 Å². The van der Waals surface area contributed by atoms with E-state index in [1.54, 1.807) is 23.6 Å². The first kappa shape index (κ1) is 32.2. The van der Waals surface area contributed by atoms with Crippen molar-refractivity contribution in [2.75, 3.05) is 30.3 Å². The molecule has 3 atom stereocenters. The molecule has 5 rings (SSSR count). The number of hydrogen-bond acceptors (Lipinski definition) is 6. The smallest absolute Gasteiger partial charge is 0.352 e. The molecule has 44 heavy (non-hydrogen) atoms. The van der Waals surface area contributed by atoms with Crippen molar-refractivity contribution in [1.29, 1.82) is 0 Å². The molecule has 1 unspecified atom stereocenters. The van der Waals surface area contributed by atoms with Crippen molar-refractivity contribution in [2.24, 2.45) is 0 Å². The Morgan fingerprint density at radius 1 is 1.16 bits per heavy atom. The molecule has 7 nitrogen and oxygen atoms in total. The van der Waals surface area contributed by atoms with Crippen LogP contribution in [-0.4, -0.2) is 63.9 Å². The van der Waals surface area contributed by atoms with E-state index < -0.39 is 45.2 Å². The summed E-state index contributed by atoms with van der Waals surface area (Å²) in [5.41, 5.74) is -2.70. The second-order valence-electron chi connectivity index (χ2n) is 11.1. The predicted octanol–water partition coefficient (Wildman–Crippen LogP) is 6.10. The third-order valence-electron chi connectivity index (χ3n) is 7.95. The second kappa shape index (κ2) is 12.3. The summed E-state index contributed by atoms with van der Waals surface area (Å²) in [6, 6.07) is 1.15. The Kier molecular flexibility index (Phi) is 9.03. The zero-order valence-electron chi connectivity index (χ0n) is 24.3. The van der Waals surface area contributed by atoms with Gasteiger partial charge in [0.25, 0.3) is 0 Å². The number of aromatic nitrogens is 2. The lowest BCUT2D eigenvalue weighted by Gasteiger charge is -2.44. The van der Waals surface area contributed by atoms with Crippen LogP contribution in [0.5, 0.6) is 0 Å². The van der Waals surface area contributed by atoms with Crippen molar-refractivity contribution in [3.63, 3.8) is 0 Å². The van der Waals surface area contributed by atoms with Crippen LogP contribution in [0, 0.1) is 11.6 Å². The first-order chi connectivity index (χ1) is 20.8. The van der Waals surface area contributed by atoms with Crippen molar-refractivity contribution in [2.45, 2.75) is 62.9 Å². The van der Waals surface area contributed by atoms with Gasteiger partial charge in [-0.15, -0.1) is 11.8 Å². The van der Waals surface area contributed by atoms with Crippen molar-refractivity contribution < 1.29 is 26.7 Å². The number of alkyl halides is 3. The molecular formula is C30H31ClF5N5O2S. The number of benzene rings is 2. The number of nitrogens with one attached hydrogen (secondary N) is 1. The summed E-state index contributed by atoms with van der Waals surface area (Å²) in [5.74, 6) is -2.29. The van der Waals surface area contributed by atoms with Gasteiger partial charge < -0.3 is 15.1 Å². The Labute approximate surface area is 260 Å². The third-order valence-corrected chi connectivity index (χ3v) is 9.49. The molecule has 2 aromatic carbocycles. The maximum absolute atomic E-state index is 15.3. The molecule has 3 aromatic rings.